The summed E-state index contributed by atoms with van der Waals surface area (Å²) in [6, 6.07) is 15.2. The Hall–Kier alpha value is -3.35. The monoisotopic (exact) mass is 351 g/mol. The predicted octanol–water partition coefficient (Wildman–Crippen LogP) is 2.80. The summed E-state index contributed by atoms with van der Waals surface area (Å²) in [6.45, 7) is 0.667. The Bertz CT molecular complexity index is 924. The highest BCUT2D eigenvalue weighted by Crippen LogP contribution is 2.38. The van der Waals surface area contributed by atoms with Gasteiger partial charge in [0.25, 0.3) is 0 Å². The van der Waals surface area contributed by atoms with E-state index in [0.29, 0.717) is 23.8 Å². The molecule has 2 heterocycles. The maximum atomic E-state index is 10.9. The van der Waals surface area contributed by atoms with Crippen LogP contribution in [0.5, 0.6) is 11.5 Å². The van der Waals surface area contributed by atoms with Crippen LogP contribution in [0, 0.1) is 0 Å². The van der Waals surface area contributed by atoms with E-state index in [0.717, 1.165) is 11.3 Å². The highest BCUT2D eigenvalue weighted by Gasteiger charge is 2.26. The van der Waals surface area contributed by atoms with Crippen molar-refractivity contribution in [2.45, 2.75) is 18.9 Å². The largest absolute Gasteiger partial charge is 0.492 e. The zero-order valence-electron chi connectivity index (χ0n) is 13.9. The van der Waals surface area contributed by atoms with Gasteiger partial charge in [0.15, 0.2) is 0 Å². The molecule has 0 radical (unpaired) electrons. The molecule has 0 saturated carbocycles. The number of hydrogen-bond acceptors (Lipinski definition) is 5. The van der Waals surface area contributed by atoms with Gasteiger partial charge in [-0.1, -0.05) is 29.5 Å². The minimum Gasteiger partial charge on any atom is -0.492 e. The molecule has 132 valence electrons. The van der Waals surface area contributed by atoms with Crippen LogP contribution in [-0.2, 0) is 11.4 Å². The first-order valence-corrected chi connectivity index (χ1v) is 8.27. The summed E-state index contributed by atoms with van der Waals surface area (Å²) < 4.78 is 13.1. The van der Waals surface area contributed by atoms with Gasteiger partial charge in [-0.25, -0.2) is 4.68 Å². The molecule has 7 nitrogen and oxygen atoms in total. The number of para-hydroxylation sites is 1. The third-order valence-electron chi connectivity index (χ3n) is 4.23. The lowest BCUT2D eigenvalue weighted by Crippen LogP contribution is -2.07. The van der Waals surface area contributed by atoms with Crippen LogP contribution in [0.25, 0.3) is 5.69 Å². The Labute approximate surface area is 149 Å². The molecule has 3 aromatic rings. The lowest BCUT2D eigenvalue weighted by atomic mass is 9.98. The van der Waals surface area contributed by atoms with E-state index in [1.807, 2.05) is 48.7 Å². The molecule has 1 aromatic heterocycles. The molecule has 0 aliphatic carbocycles. The van der Waals surface area contributed by atoms with E-state index in [9.17, 15) is 4.79 Å². The molecule has 0 fully saturated rings. The summed E-state index contributed by atoms with van der Waals surface area (Å²) in [5, 5.41) is 17.2. The van der Waals surface area contributed by atoms with Crippen molar-refractivity contribution in [2.75, 3.05) is 6.61 Å². The maximum Gasteiger partial charge on any atom is 0.304 e. The fourth-order valence-corrected chi connectivity index (χ4v) is 2.96. The predicted molar refractivity (Wildman–Crippen MR) is 92.6 cm³/mol. The molecule has 4 rings (SSSR count). The zero-order chi connectivity index (χ0) is 17.9. The van der Waals surface area contributed by atoms with Crippen LogP contribution in [0.2, 0.25) is 0 Å². The van der Waals surface area contributed by atoms with Gasteiger partial charge < -0.3 is 14.6 Å². The molecule has 1 N–H and O–H groups in total. The van der Waals surface area contributed by atoms with Gasteiger partial charge in [-0.2, -0.15) is 0 Å². The van der Waals surface area contributed by atoms with Crippen molar-refractivity contribution in [3.05, 3.63) is 66.0 Å². The molecular formula is C19H17N3O4. The maximum absolute atomic E-state index is 10.9. The fraction of sp³-hybridized carbons (Fsp3) is 0.211. The van der Waals surface area contributed by atoms with Gasteiger partial charge in [0, 0.05) is 17.5 Å². The fourth-order valence-electron chi connectivity index (χ4n) is 2.96. The standard InChI is InChI=1S/C19H17N3O4/c23-19(24)8-13-11-26-18-9-16(6-7-17(13)18)25-12-14-10-22(21-20-14)15-4-2-1-3-5-15/h1-7,9-10,13H,8,11-12H2,(H,23,24). The Morgan fingerprint density at radius 2 is 2.12 bits per heavy atom. The molecule has 0 saturated heterocycles. The second kappa shape index (κ2) is 6.87. The summed E-state index contributed by atoms with van der Waals surface area (Å²) in [4.78, 5) is 10.9. The average molecular weight is 351 g/mol. The first kappa shape index (κ1) is 16.1. The van der Waals surface area contributed by atoms with E-state index < -0.39 is 5.97 Å². The Balaban J connectivity index is 1.42. The molecule has 0 bridgehead atoms. The van der Waals surface area contributed by atoms with Crippen molar-refractivity contribution in [3.8, 4) is 17.2 Å². The molecule has 0 spiro atoms. The third kappa shape index (κ3) is 3.37. The van der Waals surface area contributed by atoms with Crippen LogP contribution in [0.4, 0.5) is 0 Å². The van der Waals surface area contributed by atoms with Crippen LogP contribution in [0.15, 0.2) is 54.7 Å². The smallest absolute Gasteiger partial charge is 0.304 e. The first-order chi connectivity index (χ1) is 12.7. The van der Waals surface area contributed by atoms with E-state index in [-0.39, 0.29) is 18.9 Å². The van der Waals surface area contributed by atoms with Gasteiger partial charge in [0.05, 0.1) is 24.9 Å². The van der Waals surface area contributed by atoms with E-state index >= 15 is 0 Å². The Morgan fingerprint density at radius 1 is 1.27 bits per heavy atom. The lowest BCUT2D eigenvalue weighted by molar-refractivity contribution is -0.137. The van der Waals surface area contributed by atoms with E-state index in [1.165, 1.54) is 0 Å². The first-order valence-electron chi connectivity index (χ1n) is 8.27. The molecule has 1 aliphatic rings. The van der Waals surface area contributed by atoms with Crippen molar-refractivity contribution in [1.29, 1.82) is 0 Å². The van der Waals surface area contributed by atoms with Gasteiger partial charge in [0.1, 0.15) is 23.8 Å². The van der Waals surface area contributed by atoms with Crippen molar-refractivity contribution in [3.63, 3.8) is 0 Å². The van der Waals surface area contributed by atoms with E-state index in [1.54, 1.807) is 10.7 Å². The number of carboxylic acid groups (broad SMARTS) is 1. The van der Waals surface area contributed by atoms with Gasteiger partial charge in [0.2, 0.25) is 0 Å². The number of hydrogen-bond donors (Lipinski definition) is 1. The Morgan fingerprint density at radius 3 is 2.92 bits per heavy atom. The van der Waals surface area contributed by atoms with Crippen molar-refractivity contribution in [1.82, 2.24) is 15.0 Å². The highest BCUT2D eigenvalue weighted by atomic mass is 16.5. The van der Waals surface area contributed by atoms with Crippen molar-refractivity contribution >= 4 is 5.97 Å². The van der Waals surface area contributed by atoms with Crippen LogP contribution < -0.4 is 9.47 Å². The summed E-state index contributed by atoms with van der Waals surface area (Å²) in [5.74, 6) is 0.395. The van der Waals surface area contributed by atoms with E-state index in [2.05, 4.69) is 10.3 Å². The lowest BCUT2D eigenvalue weighted by Gasteiger charge is -2.07. The van der Waals surface area contributed by atoms with Crippen molar-refractivity contribution in [2.24, 2.45) is 0 Å². The minimum absolute atomic E-state index is 0.0653. The second-order valence-electron chi connectivity index (χ2n) is 6.08. The normalized spacial score (nSPS) is 15.3. The molecule has 2 aromatic carbocycles. The van der Waals surface area contributed by atoms with Crippen LogP contribution in [-0.4, -0.2) is 32.7 Å². The number of rotatable bonds is 6. The van der Waals surface area contributed by atoms with E-state index in [4.69, 9.17) is 14.6 Å². The average Bonchev–Trinajstić information content (AvgIpc) is 3.27. The SMILES string of the molecule is O=C(O)CC1COc2cc(OCc3cn(-c4ccccc4)nn3)ccc21. The molecule has 1 aliphatic heterocycles. The van der Waals surface area contributed by atoms with Gasteiger partial charge >= 0.3 is 5.97 Å². The van der Waals surface area contributed by atoms with Gasteiger partial charge in [-0.3, -0.25) is 4.79 Å². The molecule has 26 heavy (non-hydrogen) atoms. The Kier molecular flexibility index (Phi) is 4.27. The summed E-state index contributed by atoms with van der Waals surface area (Å²) in [7, 11) is 0. The summed E-state index contributed by atoms with van der Waals surface area (Å²) >= 11 is 0. The summed E-state index contributed by atoms with van der Waals surface area (Å²) in [6.07, 6.45) is 1.89. The number of ether oxygens (including phenoxy) is 2. The number of aliphatic carboxylic acids is 1. The van der Waals surface area contributed by atoms with Crippen LogP contribution in [0.3, 0.4) is 0 Å². The third-order valence-corrected chi connectivity index (χ3v) is 4.23. The minimum atomic E-state index is -0.826. The topological polar surface area (TPSA) is 86.5 Å². The molecule has 1 atom stereocenters. The number of carbonyl (C=O) groups is 1. The molecular weight excluding hydrogens is 334 g/mol. The quantitative estimate of drug-likeness (QED) is 0.735. The van der Waals surface area contributed by atoms with Gasteiger partial charge in [-0.05, 0) is 18.2 Å². The van der Waals surface area contributed by atoms with Crippen LogP contribution in [0.1, 0.15) is 23.6 Å². The molecule has 1 unspecified atom stereocenters. The summed E-state index contributed by atoms with van der Waals surface area (Å²) in [5.41, 5.74) is 2.55. The number of nitrogens with zero attached hydrogens (tertiary/aromatic N) is 3. The van der Waals surface area contributed by atoms with Crippen LogP contribution >= 0.6 is 0 Å². The second-order valence-corrected chi connectivity index (χ2v) is 6.08. The number of aromatic nitrogens is 3. The van der Waals surface area contributed by atoms with Gasteiger partial charge in [-0.15, -0.1) is 5.10 Å². The highest BCUT2D eigenvalue weighted by molar-refractivity contribution is 5.68. The molecule has 7 heteroatoms. The number of carboxylic acids is 1. The molecule has 0 amide bonds. The number of benzene rings is 2. The van der Waals surface area contributed by atoms with Crippen molar-refractivity contribution < 1.29 is 19.4 Å². The number of fused-ring (bicyclic) bond motifs is 1. The zero-order valence-corrected chi connectivity index (χ0v) is 13.9.